The highest BCUT2D eigenvalue weighted by Gasteiger charge is 2.09. The third-order valence-corrected chi connectivity index (χ3v) is 5.45. The summed E-state index contributed by atoms with van der Waals surface area (Å²) in [6.07, 6.45) is 1.61. The third kappa shape index (κ3) is 3.13. The van der Waals surface area contributed by atoms with Gasteiger partial charge >= 0.3 is 0 Å². The maximum Gasteiger partial charge on any atom is 0.226 e. The van der Waals surface area contributed by atoms with Crippen molar-refractivity contribution in [3.05, 3.63) is 66.3 Å². The zero-order valence-electron chi connectivity index (χ0n) is 11.9. The predicted molar refractivity (Wildman–Crippen MR) is 91.1 cm³/mol. The van der Waals surface area contributed by atoms with Gasteiger partial charge in [0.2, 0.25) is 5.89 Å². The van der Waals surface area contributed by atoms with Crippen molar-refractivity contribution in [1.82, 2.24) is 9.97 Å². The summed E-state index contributed by atoms with van der Waals surface area (Å²) in [7, 11) is 0. The fourth-order valence-corrected chi connectivity index (χ4v) is 4.12. The second-order valence-electron chi connectivity index (χ2n) is 4.89. The van der Waals surface area contributed by atoms with E-state index in [-0.39, 0.29) is 5.82 Å². The van der Waals surface area contributed by atoms with E-state index in [0.717, 1.165) is 15.6 Å². The van der Waals surface area contributed by atoms with Gasteiger partial charge in [-0.3, -0.25) is 0 Å². The smallest absolute Gasteiger partial charge is 0.226 e. The molecule has 23 heavy (non-hydrogen) atoms. The molecule has 0 spiro atoms. The number of fused-ring (bicyclic) bond motifs is 1. The normalized spacial score (nSPS) is 11.2. The Morgan fingerprint density at radius 1 is 1.09 bits per heavy atom. The van der Waals surface area contributed by atoms with E-state index >= 15 is 0 Å². The molecule has 0 aliphatic carbocycles. The molecular formula is C17H11FN2OS2. The molecule has 114 valence electrons. The summed E-state index contributed by atoms with van der Waals surface area (Å²) in [5.41, 5.74) is 2.47. The van der Waals surface area contributed by atoms with Gasteiger partial charge in [0.1, 0.15) is 12.1 Å². The lowest BCUT2D eigenvalue weighted by Gasteiger charge is -1.94. The summed E-state index contributed by atoms with van der Waals surface area (Å²) in [6, 6.07) is 14.3. The molecule has 2 aromatic carbocycles. The number of aromatic nitrogens is 2. The van der Waals surface area contributed by atoms with Crippen LogP contribution in [0.2, 0.25) is 0 Å². The summed E-state index contributed by atoms with van der Waals surface area (Å²) < 4.78 is 20.9. The largest absolute Gasteiger partial charge is 0.444 e. The molecule has 0 radical (unpaired) electrons. The second-order valence-corrected chi connectivity index (χ2v) is 7.14. The minimum absolute atomic E-state index is 0.300. The lowest BCUT2D eigenvalue weighted by atomic mass is 10.2. The number of rotatable bonds is 4. The minimum atomic E-state index is -0.300. The van der Waals surface area contributed by atoms with Gasteiger partial charge in [0.15, 0.2) is 4.34 Å². The third-order valence-electron chi connectivity index (χ3n) is 3.24. The average molecular weight is 342 g/mol. The maximum absolute atomic E-state index is 13.2. The molecule has 2 heterocycles. The number of hydrogen-bond donors (Lipinski definition) is 0. The summed E-state index contributed by atoms with van der Waals surface area (Å²) in [5, 5.41) is 0. The van der Waals surface area contributed by atoms with Gasteiger partial charge in [-0.05, 0) is 30.3 Å². The highest BCUT2D eigenvalue weighted by Crippen LogP contribution is 2.31. The molecule has 2 aromatic heterocycles. The number of halogens is 1. The van der Waals surface area contributed by atoms with Gasteiger partial charge in [-0.2, -0.15) is 0 Å². The Morgan fingerprint density at radius 2 is 2.00 bits per heavy atom. The molecule has 0 saturated carbocycles. The molecule has 4 aromatic rings. The number of oxazole rings is 1. The zero-order chi connectivity index (χ0) is 15.6. The number of para-hydroxylation sites is 1. The number of thioether (sulfide) groups is 1. The molecule has 3 nitrogen and oxygen atoms in total. The van der Waals surface area contributed by atoms with Crippen LogP contribution < -0.4 is 0 Å². The van der Waals surface area contributed by atoms with E-state index in [1.807, 2.05) is 18.2 Å². The molecule has 0 bridgehead atoms. The number of benzene rings is 2. The summed E-state index contributed by atoms with van der Waals surface area (Å²) in [6.45, 7) is 0. The monoisotopic (exact) mass is 342 g/mol. The van der Waals surface area contributed by atoms with Crippen molar-refractivity contribution in [2.45, 2.75) is 10.1 Å². The van der Waals surface area contributed by atoms with Gasteiger partial charge in [-0.1, -0.05) is 30.0 Å². The van der Waals surface area contributed by atoms with Crippen LogP contribution in [-0.2, 0) is 5.75 Å². The van der Waals surface area contributed by atoms with Crippen LogP contribution in [0.15, 0.2) is 63.6 Å². The number of hydrogen-bond acceptors (Lipinski definition) is 5. The summed E-state index contributed by atoms with van der Waals surface area (Å²) >= 11 is 3.29. The van der Waals surface area contributed by atoms with Crippen LogP contribution in [0, 0.1) is 5.82 Å². The van der Waals surface area contributed by atoms with Crippen molar-refractivity contribution in [3.63, 3.8) is 0 Å². The van der Waals surface area contributed by atoms with Gasteiger partial charge in [-0.25, -0.2) is 14.4 Å². The van der Waals surface area contributed by atoms with Crippen molar-refractivity contribution in [2.24, 2.45) is 0 Å². The Morgan fingerprint density at radius 3 is 2.87 bits per heavy atom. The van der Waals surface area contributed by atoms with Gasteiger partial charge in [0, 0.05) is 11.3 Å². The van der Waals surface area contributed by atoms with Crippen molar-refractivity contribution in [1.29, 1.82) is 0 Å². The Balaban J connectivity index is 1.49. The SMILES string of the molecule is Fc1cccc(-c2nc(CSc3nc4ccccc4s3)co2)c1. The van der Waals surface area contributed by atoms with Crippen molar-refractivity contribution in [3.8, 4) is 11.5 Å². The van der Waals surface area contributed by atoms with Crippen LogP contribution in [0.3, 0.4) is 0 Å². The summed E-state index contributed by atoms with van der Waals surface area (Å²) in [4.78, 5) is 8.99. The first-order chi connectivity index (χ1) is 11.3. The van der Waals surface area contributed by atoms with Gasteiger partial charge in [0.05, 0.1) is 15.9 Å². The predicted octanol–water partition coefficient (Wildman–Crippen LogP) is 5.38. The van der Waals surface area contributed by atoms with Crippen LogP contribution in [0.25, 0.3) is 21.7 Å². The topological polar surface area (TPSA) is 38.9 Å². The second kappa shape index (κ2) is 6.14. The van der Waals surface area contributed by atoms with Crippen LogP contribution in [-0.4, -0.2) is 9.97 Å². The Labute approximate surface area is 140 Å². The molecule has 0 saturated heterocycles. The fraction of sp³-hybridized carbons (Fsp3) is 0.0588. The highest BCUT2D eigenvalue weighted by atomic mass is 32.2. The molecule has 0 unspecified atom stereocenters. The molecule has 4 rings (SSSR count). The Kier molecular flexibility index (Phi) is 3.85. The minimum Gasteiger partial charge on any atom is -0.444 e. The maximum atomic E-state index is 13.2. The molecular weight excluding hydrogens is 331 g/mol. The Hall–Kier alpha value is -2.18. The first-order valence-corrected chi connectivity index (χ1v) is 8.77. The first kappa shape index (κ1) is 14.4. The highest BCUT2D eigenvalue weighted by molar-refractivity contribution is 8.00. The quantitative estimate of drug-likeness (QED) is 0.467. The number of nitrogens with zero attached hydrogens (tertiary/aromatic N) is 2. The molecule has 6 heteroatoms. The lowest BCUT2D eigenvalue weighted by Crippen LogP contribution is -1.83. The van der Waals surface area contributed by atoms with E-state index in [0.29, 0.717) is 17.2 Å². The van der Waals surface area contributed by atoms with Crippen LogP contribution >= 0.6 is 23.1 Å². The van der Waals surface area contributed by atoms with Gasteiger partial charge in [0.25, 0.3) is 0 Å². The van der Waals surface area contributed by atoms with Crippen LogP contribution in [0.1, 0.15) is 5.69 Å². The molecule has 0 amide bonds. The summed E-state index contributed by atoms with van der Waals surface area (Å²) in [5.74, 6) is 0.800. The van der Waals surface area contributed by atoms with E-state index in [2.05, 4.69) is 16.0 Å². The van der Waals surface area contributed by atoms with E-state index in [1.54, 1.807) is 41.5 Å². The molecule has 0 fully saturated rings. The molecule has 0 atom stereocenters. The Bertz CT molecular complexity index is 931. The average Bonchev–Trinajstić information content (AvgIpc) is 3.19. The van der Waals surface area contributed by atoms with Crippen molar-refractivity contribution in [2.75, 3.05) is 0 Å². The van der Waals surface area contributed by atoms with Crippen LogP contribution in [0.5, 0.6) is 0 Å². The molecule has 0 aliphatic heterocycles. The zero-order valence-corrected chi connectivity index (χ0v) is 13.5. The molecule has 0 aliphatic rings. The number of thiazole rings is 1. The first-order valence-electron chi connectivity index (χ1n) is 6.97. The van der Waals surface area contributed by atoms with E-state index in [1.165, 1.54) is 16.8 Å². The van der Waals surface area contributed by atoms with Gasteiger partial charge in [-0.15, -0.1) is 11.3 Å². The molecule has 0 N–H and O–H groups in total. The standard InChI is InChI=1S/C17H11FN2OS2/c18-12-5-3-4-11(8-12)16-19-13(9-21-16)10-22-17-20-14-6-1-2-7-15(14)23-17/h1-9H,10H2. The van der Waals surface area contributed by atoms with E-state index in [4.69, 9.17) is 4.42 Å². The fourth-order valence-electron chi connectivity index (χ4n) is 2.18. The van der Waals surface area contributed by atoms with E-state index < -0.39 is 0 Å². The van der Waals surface area contributed by atoms with Crippen molar-refractivity contribution >= 4 is 33.3 Å². The van der Waals surface area contributed by atoms with E-state index in [9.17, 15) is 4.39 Å². The van der Waals surface area contributed by atoms with Gasteiger partial charge < -0.3 is 4.42 Å². The lowest BCUT2D eigenvalue weighted by molar-refractivity contribution is 0.571. The van der Waals surface area contributed by atoms with Crippen molar-refractivity contribution < 1.29 is 8.81 Å². The van der Waals surface area contributed by atoms with Crippen LogP contribution in [0.4, 0.5) is 4.39 Å².